The Kier molecular flexibility index (Phi) is 4.19. The largest absolute Gasteiger partial charge is 0.371 e. The Morgan fingerprint density at radius 1 is 1.30 bits per heavy atom. The van der Waals surface area contributed by atoms with Gasteiger partial charge in [-0.05, 0) is 35.7 Å². The number of ether oxygens (including phenoxy) is 1. The third-order valence-electron chi connectivity index (χ3n) is 3.86. The third-order valence-corrected chi connectivity index (χ3v) is 3.86. The van der Waals surface area contributed by atoms with Crippen molar-refractivity contribution in [3.05, 3.63) is 59.4 Å². The second-order valence-corrected chi connectivity index (χ2v) is 5.31. The smallest absolute Gasteiger partial charge is 0.101 e. The van der Waals surface area contributed by atoms with Crippen molar-refractivity contribution >= 4 is 0 Å². The van der Waals surface area contributed by atoms with Crippen molar-refractivity contribution in [2.75, 3.05) is 13.2 Å². The maximum Gasteiger partial charge on any atom is 0.101 e. The van der Waals surface area contributed by atoms with Gasteiger partial charge < -0.3 is 14.6 Å². The molecule has 2 aromatic rings. The molecule has 2 heterocycles. The van der Waals surface area contributed by atoms with E-state index in [0.29, 0.717) is 0 Å². The highest BCUT2D eigenvalue weighted by Crippen LogP contribution is 2.28. The molecule has 1 aromatic carbocycles. The molecule has 0 spiro atoms. The molecule has 3 heteroatoms. The van der Waals surface area contributed by atoms with Crippen molar-refractivity contribution in [1.82, 2.24) is 9.88 Å². The number of nitrogens with zero attached hydrogens (tertiary/aromatic N) is 1. The van der Waals surface area contributed by atoms with Crippen LogP contribution in [-0.4, -0.2) is 17.7 Å². The van der Waals surface area contributed by atoms with Crippen LogP contribution in [0.2, 0.25) is 0 Å². The number of hydrogen-bond donors (Lipinski definition) is 1. The second kappa shape index (κ2) is 6.25. The van der Waals surface area contributed by atoms with Crippen LogP contribution >= 0.6 is 0 Å². The summed E-state index contributed by atoms with van der Waals surface area (Å²) in [5.74, 6) is 0. The van der Waals surface area contributed by atoms with E-state index in [1.807, 2.05) is 0 Å². The summed E-state index contributed by atoms with van der Waals surface area (Å²) in [7, 11) is 0. The fourth-order valence-electron chi connectivity index (χ4n) is 2.80. The molecule has 0 fully saturated rings. The summed E-state index contributed by atoms with van der Waals surface area (Å²) in [5.41, 5.74) is 4.11. The van der Waals surface area contributed by atoms with Crippen LogP contribution in [0, 0.1) is 0 Å². The lowest BCUT2D eigenvalue weighted by molar-refractivity contribution is 0.0306. The van der Waals surface area contributed by atoms with Crippen LogP contribution in [0.4, 0.5) is 0 Å². The molecule has 0 aliphatic carbocycles. The van der Waals surface area contributed by atoms with Gasteiger partial charge in [0.1, 0.15) is 6.10 Å². The molecule has 1 N–H and O–H groups in total. The van der Waals surface area contributed by atoms with Crippen LogP contribution < -0.4 is 5.32 Å². The van der Waals surface area contributed by atoms with E-state index in [9.17, 15) is 0 Å². The maximum absolute atomic E-state index is 5.96. The third kappa shape index (κ3) is 2.94. The predicted octanol–water partition coefficient (Wildman–Crippen LogP) is 2.91. The maximum atomic E-state index is 5.96. The van der Waals surface area contributed by atoms with Gasteiger partial charge in [-0.15, -0.1) is 0 Å². The van der Waals surface area contributed by atoms with Crippen molar-refractivity contribution in [3.8, 4) is 0 Å². The molecular formula is C17H22N2O. The number of nitrogens with one attached hydrogen (secondary N) is 1. The molecule has 1 atom stereocenters. The highest BCUT2D eigenvalue weighted by Gasteiger charge is 2.20. The molecule has 1 aliphatic rings. The van der Waals surface area contributed by atoms with Crippen LogP contribution in [0.1, 0.15) is 29.7 Å². The minimum Gasteiger partial charge on any atom is -0.371 e. The molecule has 0 radical (unpaired) electrons. The van der Waals surface area contributed by atoms with Crippen molar-refractivity contribution < 1.29 is 4.74 Å². The Bertz CT molecular complexity index is 562. The van der Waals surface area contributed by atoms with Gasteiger partial charge in [-0.25, -0.2) is 0 Å². The number of hydrogen-bond acceptors (Lipinski definition) is 2. The first kappa shape index (κ1) is 13.4. The van der Waals surface area contributed by atoms with Gasteiger partial charge in [-0.1, -0.05) is 31.2 Å². The zero-order valence-corrected chi connectivity index (χ0v) is 12.0. The van der Waals surface area contributed by atoms with E-state index in [0.717, 1.165) is 32.7 Å². The van der Waals surface area contributed by atoms with E-state index in [1.165, 1.54) is 16.7 Å². The lowest BCUT2D eigenvalue weighted by Gasteiger charge is -2.26. The first-order chi connectivity index (χ1) is 9.86. The monoisotopic (exact) mass is 270 g/mol. The molecule has 0 bridgehead atoms. The molecule has 1 aromatic heterocycles. The molecular weight excluding hydrogens is 248 g/mol. The van der Waals surface area contributed by atoms with Gasteiger partial charge in [0.05, 0.1) is 13.2 Å². The van der Waals surface area contributed by atoms with Crippen LogP contribution in [0.15, 0.2) is 42.7 Å². The van der Waals surface area contributed by atoms with Gasteiger partial charge >= 0.3 is 0 Å². The fraction of sp³-hybridized carbons (Fsp3) is 0.412. The molecule has 1 unspecified atom stereocenters. The minimum absolute atomic E-state index is 0.180. The Balaban J connectivity index is 1.71. The van der Waals surface area contributed by atoms with Crippen LogP contribution in [0.25, 0.3) is 0 Å². The van der Waals surface area contributed by atoms with Crippen molar-refractivity contribution in [2.45, 2.75) is 32.5 Å². The number of fused-ring (bicyclic) bond motifs is 1. The standard InChI is InChI=1S/C17H22N2O/c1-2-18-11-14-7-9-19(12-14)13-17-16-6-4-3-5-15(16)8-10-20-17/h3-7,9,12,17-18H,2,8,10-11,13H2,1H3. The van der Waals surface area contributed by atoms with Gasteiger partial charge in [0.2, 0.25) is 0 Å². The summed E-state index contributed by atoms with van der Waals surface area (Å²) in [4.78, 5) is 0. The van der Waals surface area contributed by atoms with Gasteiger partial charge in [0, 0.05) is 18.9 Å². The van der Waals surface area contributed by atoms with Crippen molar-refractivity contribution in [1.29, 1.82) is 0 Å². The number of benzene rings is 1. The molecule has 0 amide bonds. The van der Waals surface area contributed by atoms with Gasteiger partial charge in [-0.3, -0.25) is 0 Å². The normalized spacial score (nSPS) is 17.9. The van der Waals surface area contributed by atoms with Crippen LogP contribution in [-0.2, 0) is 24.2 Å². The fourth-order valence-corrected chi connectivity index (χ4v) is 2.80. The second-order valence-electron chi connectivity index (χ2n) is 5.31. The Labute approximate surface area is 120 Å². The molecule has 20 heavy (non-hydrogen) atoms. The molecule has 106 valence electrons. The average molecular weight is 270 g/mol. The Hall–Kier alpha value is -1.58. The summed E-state index contributed by atoms with van der Waals surface area (Å²) in [5, 5.41) is 3.35. The van der Waals surface area contributed by atoms with Crippen LogP contribution in [0.5, 0.6) is 0 Å². The zero-order chi connectivity index (χ0) is 13.8. The first-order valence-corrected chi connectivity index (χ1v) is 7.41. The summed E-state index contributed by atoms with van der Waals surface area (Å²) < 4.78 is 8.20. The molecule has 3 nitrogen and oxygen atoms in total. The van der Waals surface area contributed by atoms with E-state index in [4.69, 9.17) is 4.74 Å². The van der Waals surface area contributed by atoms with Gasteiger partial charge in [0.15, 0.2) is 0 Å². The highest BCUT2D eigenvalue weighted by molar-refractivity contribution is 5.31. The lowest BCUT2D eigenvalue weighted by atomic mass is 9.97. The van der Waals surface area contributed by atoms with E-state index < -0.39 is 0 Å². The molecule has 3 rings (SSSR count). The predicted molar refractivity (Wildman–Crippen MR) is 80.7 cm³/mol. The van der Waals surface area contributed by atoms with E-state index in [-0.39, 0.29) is 6.10 Å². The lowest BCUT2D eigenvalue weighted by Crippen LogP contribution is -2.20. The van der Waals surface area contributed by atoms with Crippen molar-refractivity contribution in [2.24, 2.45) is 0 Å². The zero-order valence-electron chi connectivity index (χ0n) is 12.0. The summed E-state index contributed by atoms with van der Waals surface area (Å²) in [6.07, 6.45) is 5.57. The highest BCUT2D eigenvalue weighted by atomic mass is 16.5. The quantitative estimate of drug-likeness (QED) is 0.904. The first-order valence-electron chi connectivity index (χ1n) is 7.41. The molecule has 0 saturated carbocycles. The molecule has 0 saturated heterocycles. The van der Waals surface area contributed by atoms with Gasteiger partial charge in [-0.2, -0.15) is 0 Å². The SMILES string of the molecule is CCNCc1ccn(CC2OCCc3ccccc32)c1. The number of aromatic nitrogens is 1. The summed E-state index contributed by atoms with van der Waals surface area (Å²) >= 11 is 0. The minimum atomic E-state index is 0.180. The van der Waals surface area contributed by atoms with Crippen LogP contribution in [0.3, 0.4) is 0 Å². The van der Waals surface area contributed by atoms with E-state index >= 15 is 0 Å². The topological polar surface area (TPSA) is 26.2 Å². The molecule has 1 aliphatic heterocycles. The van der Waals surface area contributed by atoms with E-state index in [2.05, 4.69) is 59.5 Å². The summed E-state index contributed by atoms with van der Waals surface area (Å²) in [6.45, 7) is 5.79. The van der Waals surface area contributed by atoms with E-state index in [1.54, 1.807) is 0 Å². The Morgan fingerprint density at radius 3 is 3.10 bits per heavy atom. The average Bonchev–Trinajstić information content (AvgIpc) is 2.93. The Morgan fingerprint density at radius 2 is 2.20 bits per heavy atom. The number of rotatable bonds is 5. The van der Waals surface area contributed by atoms with Gasteiger partial charge in [0.25, 0.3) is 0 Å². The van der Waals surface area contributed by atoms with Crippen molar-refractivity contribution in [3.63, 3.8) is 0 Å². The summed E-state index contributed by atoms with van der Waals surface area (Å²) in [6, 6.07) is 10.8.